The molecule has 4 rings (SSSR count). The molecule has 3 aromatic heterocycles. The summed E-state index contributed by atoms with van der Waals surface area (Å²) in [6.45, 7) is -0.203. The van der Waals surface area contributed by atoms with Crippen LogP contribution in [0.2, 0.25) is 5.02 Å². The van der Waals surface area contributed by atoms with E-state index >= 15 is 0 Å². The summed E-state index contributed by atoms with van der Waals surface area (Å²) in [5.41, 5.74) is 0.684. The van der Waals surface area contributed by atoms with Gasteiger partial charge in [-0.1, -0.05) is 16.8 Å². The van der Waals surface area contributed by atoms with Gasteiger partial charge >= 0.3 is 5.97 Å². The molecule has 26 heavy (non-hydrogen) atoms. The van der Waals surface area contributed by atoms with Crippen molar-refractivity contribution in [1.82, 2.24) is 15.1 Å². The topological polar surface area (TPSA) is 78.1 Å². The molecule has 9 heteroatoms. The van der Waals surface area contributed by atoms with Gasteiger partial charge in [-0.15, -0.1) is 11.3 Å². The first kappa shape index (κ1) is 16.6. The summed E-state index contributed by atoms with van der Waals surface area (Å²) in [6, 6.07) is 7.66. The summed E-state index contributed by atoms with van der Waals surface area (Å²) in [4.78, 5) is 20.6. The van der Waals surface area contributed by atoms with E-state index in [9.17, 15) is 9.18 Å². The Bertz CT molecular complexity index is 1100. The molecule has 0 saturated carbocycles. The average molecular weight is 390 g/mol. The second-order valence-electron chi connectivity index (χ2n) is 5.22. The van der Waals surface area contributed by atoms with Crippen molar-refractivity contribution in [2.45, 2.75) is 6.61 Å². The Morgan fingerprint density at radius 2 is 2.23 bits per heavy atom. The van der Waals surface area contributed by atoms with Gasteiger partial charge in [-0.3, -0.25) is 4.98 Å². The van der Waals surface area contributed by atoms with E-state index in [0.717, 1.165) is 11.3 Å². The molecule has 0 aliphatic rings. The van der Waals surface area contributed by atoms with E-state index in [1.807, 2.05) is 0 Å². The summed E-state index contributed by atoms with van der Waals surface area (Å²) in [6.07, 6.45) is 3.23. The standard InChI is InChI=1S/C17H9ClFN3O3S/c18-14-11-4-3-10(19)6-12(11)26-15(14)17(23)24-8-13-21-16(22-25-13)9-2-1-5-20-7-9/h1-7H,8H2. The van der Waals surface area contributed by atoms with E-state index in [2.05, 4.69) is 15.1 Å². The third kappa shape index (κ3) is 3.16. The van der Waals surface area contributed by atoms with Gasteiger partial charge in [0.15, 0.2) is 6.61 Å². The molecule has 0 unspecified atom stereocenters. The van der Waals surface area contributed by atoms with Crippen molar-refractivity contribution in [2.24, 2.45) is 0 Å². The van der Waals surface area contributed by atoms with E-state index in [0.29, 0.717) is 21.5 Å². The van der Waals surface area contributed by atoms with Crippen LogP contribution in [0.15, 0.2) is 47.2 Å². The molecular formula is C17H9ClFN3O3S. The Labute approximate surface area is 155 Å². The van der Waals surface area contributed by atoms with Crippen molar-refractivity contribution in [1.29, 1.82) is 0 Å². The van der Waals surface area contributed by atoms with Crippen LogP contribution >= 0.6 is 22.9 Å². The number of rotatable bonds is 4. The quantitative estimate of drug-likeness (QED) is 0.478. The molecule has 0 fully saturated rings. The van der Waals surface area contributed by atoms with Crippen molar-refractivity contribution in [3.63, 3.8) is 0 Å². The van der Waals surface area contributed by atoms with Gasteiger partial charge in [0, 0.05) is 28.0 Å². The van der Waals surface area contributed by atoms with E-state index in [1.54, 1.807) is 24.5 Å². The Kier molecular flexibility index (Phi) is 4.36. The summed E-state index contributed by atoms with van der Waals surface area (Å²) in [5.74, 6) is -0.554. The molecule has 6 nitrogen and oxygen atoms in total. The normalized spacial score (nSPS) is 11.0. The van der Waals surface area contributed by atoms with E-state index < -0.39 is 11.8 Å². The molecule has 0 bridgehead atoms. The molecule has 130 valence electrons. The Balaban J connectivity index is 1.49. The zero-order valence-corrected chi connectivity index (χ0v) is 14.6. The average Bonchev–Trinajstić information content (AvgIpc) is 3.25. The summed E-state index contributed by atoms with van der Waals surface area (Å²) in [5, 5.41) is 4.65. The van der Waals surface area contributed by atoms with Crippen LogP contribution in [0.3, 0.4) is 0 Å². The van der Waals surface area contributed by atoms with Crippen LogP contribution in [-0.2, 0) is 11.3 Å². The largest absolute Gasteiger partial charge is 0.451 e. The second-order valence-corrected chi connectivity index (χ2v) is 6.65. The fourth-order valence-corrected chi connectivity index (χ4v) is 3.72. The van der Waals surface area contributed by atoms with Gasteiger partial charge in [0.2, 0.25) is 5.82 Å². The smallest absolute Gasteiger partial charge is 0.350 e. The number of esters is 1. The maximum atomic E-state index is 13.3. The number of pyridine rings is 1. The highest BCUT2D eigenvalue weighted by Gasteiger charge is 2.20. The summed E-state index contributed by atoms with van der Waals surface area (Å²) < 4.78 is 24.1. The number of aromatic nitrogens is 3. The number of ether oxygens (including phenoxy) is 1. The van der Waals surface area contributed by atoms with Gasteiger partial charge in [-0.05, 0) is 30.3 Å². The number of thiophene rings is 1. The molecule has 0 spiro atoms. The molecule has 3 heterocycles. The SMILES string of the molecule is O=C(OCc1nc(-c2cccnc2)no1)c1sc2cc(F)ccc2c1Cl. The minimum Gasteiger partial charge on any atom is -0.451 e. The number of hydrogen-bond donors (Lipinski definition) is 0. The van der Waals surface area contributed by atoms with E-state index in [-0.39, 0.29) is 22.4 Å². The molecule has 0 aliphatic carbocycles. The first-order valence-corrected chi connectivity index (χ1v) is 8.59. The van der Waals surface area contributed by atoms with Crippen molar-refractivity contribution >= 4 is 39.0 Å². The Hall–Kier alpha value is -2.84. The van der Waals surface area contributed by atoms with Crippen LogP contribution in [-0.4, -0.2) is 21.1 Å². The lowest BCUT2D eigenvalue weighted by Crippen LogP contribution is -2.04. The van der Waals surface area contributed by atoms with Crippen LogP contribution in [0, 0.1) is 5.82 Å². The van der Waals surface area contributed by atoms with Crippen molar-refractivity contribution in [2.75, 3.05) is 0 Å². The van der Waals surface area contributed by atoms with Crippen LogP contribution in [0.4, 0.5) is 4.39 Å². The number of carbonyl (C=O) groups is 1. The van der Waals surface area contributed by atoms with Crippen LogP contribution in [0.25, 0.3) is 21.5 Å². The van der Waals surface area contributed by atoms with E-state index in [1.165, 1.54) is 18.2 Å². The maximum absolute atomic E-state index is 13.3. The van der Waals surface area contributed by atoms with Crippen LogP contribution < -0.4 is 0 Å². The molecule has 0 aliphatic heterocycles. The number of halogens is 2. The Morgan fingerprint density at radius 1 is 1.35 bits per heavy atom. The second kappa shape index (κ2) is 6.81. The molecule has 1 aromatic carbocycles. The van der Waals surface area contributed by atoms with Crippen molar-refractivity contribution in [3.05, 3.63) is 64.3 Å². The molecular weight excluding hydrogens is 381 g/mol. The zero-order chi connectivity index (χ0) is 18.1. The highest BCUT2D eigenvalue weighted by molar-refractivity contribution is 7.21. The predicted molar refractivity (Wildman–Crippen MR) is 93.4 cm³/mol. The fraction of sp³-hybridized carbons (Fsp3) is 0.0588. The zero-order valence-electron chi connectivity index (χ0n) is 13.0. The van der Waals surface area contributed by atoms with Crippen LogP contribution in [0.5, 0.6) is 0 Å². The molecule has 0 amide bonds. The monoisotopic (exact) mass is 389 g/mol. The number of benzene rings is 1. The van der Waals surface area contributed by atoms with Gasteiger partial charge in [0.1, 0.15) is 10.7 Å². The van der Waals surface area contributed by atoms with Gasteiger partial charge in [-0.25, -0.2) is 9.18 Å². The van der Waals surface area contributed by atoms with Crippen LogP contribution in [0.1, 0.15) is 15.6 Å². The number of hydrogen-bond acceptors (Lipinski definition) is 7. The lowest BCUT2D eigenvalue weighted by molar-refractivity contribution is 0.0436. The summed E-state index contributed by atoms with van der Waals surface area (Å²) in [7, 11) is 0. The fourth-order valence-electron chi connectivity index (χ4n) is 2.29. The lowest BCUT2D eigenvalue weighted by Gasteiger charge is -1.99. The maximum Gasteiger partial charge on any atom is 0.350 e. The highest BCUT2D eigenvalue weighted by atomic mass is 35.5. The van der Waals surface area contributed by atoms with Gasteiger partial charge < -0.3 is 9.26 Å². The summed E-state index contributed by atoms with van der Waals surface area (Å²) >= 11 is 7.26. The lowest BCUT2D eigenvalue weighted by atomic mass is 10.2. The third-order valence-electron chi connectivity index (χ3n) is 3.49. The minimum absolute atomic E-state index is 0.139. The Morgan fingerprint density at radius 3 is 3.04 bits per heavy atom. The molecule has 4 aromatic rings. The van der Waals surface area contributed by atoms with Crippen molar-refractivity contribution < 1.29 is 18.4 Å². The highest BCUT2D eigenvalue weighted by Crippen LogP contribution is 2.36. The number of fused-ring (bicyclic) bond motifs is 1. The molecule has 0 radical (unpaired) electrons. The molecule has 0 saturated heterocycles. The van der Waals surface area contributed by atoms with Gasteiger partial charge in [0.05, 0.1) is 5.02 Å². The van der Waals surface area contributed by atoms with E-state index in [4.69, 9.17) is 20.9 Å². The minimum atomic E-state index is -0.641. The predicted octanol–water partition coefficient (Wildman–Crippen LogP) is 4.50. The third-order valence-corrected chi connectivity index (χ3v) is 5.13. The van der Waals surface area contributed by atoms with Gasteiger partial charge in [0.25, 0.3) is 5.89 Å². The molecule has 0 atom stereocenters. The molecule has 0 N–H and O–H groups in total. The first-order chi connectivity index (χ1) is 12.6. The van der Waals surface area contributed by atoms with Crippen molar-refractivity contribution in [3.8, 4) is 11.4 Å². The first-order valence-electron chi connectivity index (χ1n) is 7.39. The number of carbonyl (C=O) groups excluding carboxylic acids is 1. The van der Waals surface area contributed by atoms with Gasteiger partial charge in [-0.2, -0.15) is 4.98 Å². The number of nitrogens with zero attached hydrogens (tertiary/aromatic N) is 3.